The smallest absolute Gasteiger partial charge is 0.213 e. The van der Waals surface area contributed by atoms with Gasteiger partial charge in [-0.3, -0.25) is 0 Å². The Labute approximate surface area is 130 Å². The van der Waals surface area contributed by atoms with Crippen LogP contribution in [0.2, 0.25) is 0 Å². The zero-order valence-electron chi connectivity index (χ0n) is 13.1. The lowest BCUT2D eigenvalue weighted by atomic mass is 9.86. The summed E-state index contributed by atoms with van der Waals surface area (Å²) in [6.45, 7) is 7.05. The van der Waals surface area contributed by atoms with Gasteiger partial charge in [-0.2, -0.15) is 0 Å². The highest BCUT2D eigenvalue weighted by molar-refractivity contribution is 5.70. The summed E-state index contributed by atoms with van der Waals surface area (Å²) in [5.41, 5.74) is 1.74. The number of ether oxygens (including phenoxy) is 1. The summed E-state index contributed by atoms with van der Waals surface area (Å²) < 4.78 is 19.2. The van der Waals surface area contributed by atoms with Crippen molar-refractivity contribution in [2.45, 2.75) is 25.9 Å². The Balaban J connectivity index is 2.73. The molecule has 0 radical (unpaired) electrons. The Kier molecular flexibility index (Phi) is 4.62. The molecule has 0 spiro atoms. The monoisotopic (exact) mass is 301 g/mol. The Morgan fingerprint density at radius 1 is 1.36 bits per heavy atom. The Hall–Kier alpha value is -2.20. The molecule has 0 bridgehead atoms. The number of benzene rings is 1. The number of nitrogens with zero attached hydrogens (tertiary/aromatic N) is 1. The fraction of sp³-hybridized carbons (Fsp3) is 0.278. The van der Waals surface area contributed by atoms with Crippen LogP contribution < -0.4 is 4.74 Å². The predicted molar refractivity (Wildman–Crippen MR) is 85.3 cm³/mol. The van der Waals surface area contributed by atoms with Crippen molar-refractivity contribution >= 4 is 0 Å². The number of hydrogen-bond donors (Lipinski definition) is 1. The van der Waals surface area contributed by atoms with Crippen molar-refractivity contribution in [1.29, 1.82) is 0 Å². The second-order valence-electron chi connectivity index (χ2n) is 5.62. The van der Waals surface area contributed by atoms with Crippen LogP contribution in [-0.2, 0) is 12.0 Å². The van der Waals surface area contributed by atoms with Gasteiger partial charge in [0, 0.05) is 12.3 Å². The van der Waals surface area contributed by atoms with Crippen LogP contribution in [-0.4, -0.2) is 17.2 Å². The molecule has 0 fully saturated rings. The third kappa shape index (κ3) is 3.34. The number of allylic oxidation sites excluding steroid dienone is 1. The summed E-state index contributed by atoms with van der Waals surface area (Å²) in [6, 6.07) is 6.37. The summed E-state index contributed by atoms with van der Waals surface area (Å²) in [4.78, 5) is 4.07. The van der Waals surface area contributed by atoms with Crippen molar-refractivity contribution in [3.8, 4) is 17.0 Å². The Bertz CT molecular complexity index is 690. The van der Waals surface area contributed by atoms with E-state index >= 15 is 0 Å². The molecule has 0 aliphatic rings. The average Bonchev–Trinajstić information content (AvgIpc) is 2.47. The highest BCUT2D eigenvalue weighted by Crippen LogP contribution is 2.34. The highest BCUT2D eigenvalue weighted by atomic mass is 19.1. The molecule has 0 aliphatic heterocycles. The molecule has 116 valence electrons. The van der Waals surface area contributed by atoms with Gasteiger partial charge in [-0.1, -0.05) is 6.08 Å². The summed E-state index contributed by atoms with van der Waals surface area (Å²) in [6.07, 6.45) is 3.88. The van der Waals surface area contributed by atoms with E-state index < -0.39 is 11.4 Å². The van der Waals surface area contributed by atoms with Crippen LogP contribution in [0.1, 0.15) is 25.0 Å². The summed E-state index contributed by atoms with van der Waals surface area (Å²) in [7, 11) is 1.53. The zero-order chi connectivity index (χ0) is 16.3. The SMILES string of the molecule is C=CCc1c(-c2ccnc(OC)c2)cc(F)cc1C(C)(C)O. The first-order valence-corrected chi connectivity index (χ1v) is 7.03. The van der Waals surface area contributed by atoms with Crippen LogP contribution in [0.4, 0.5) is 4.39 Å². The van der Waals surface area contributed by atoms with Crippen LogP contribution in [0, 0.1) is 5.82 Å². The minimum absolute atomic E-state index is 0.393. The van der Waals surface area contributed by atoms with E-state index in [1.165, 1.54) is 19.2 Å². The number of rotatable bonds is 5. The minimum Gasteiger partial charge on any atom is -0.481 e. The van der Waals surface area contributed by atoms with E-state index in [4.69, 9.17) is 4.74 Å². The third-order valence-electron chi connectivity index (χ3n) is 3.48. The van der Waals surface area contributed by atoms with Gasteiger partial charge in [0.2, 0.25) is 5.88 Å². The molecule has 4 heteroatoms. The van der Waals surface area contributed by atoms with Gasteiger partial charge in [0.15, 0.2) is 0 Å². The summed E-state index contributed by atoms with van der Waals surface area (Å²) in [5, 5.41) is 10.4. The largest absolute Gasteiger partial charge is 0.481 e. The second-order valence-corrected chi connectivity index (χ2v) is 5.62. The van der Waals surface area contributed by atoms with Crippen LogP contribution in [0.5, 0.6) is 5.88 Å². The maximum absolute atomic E-state index is 14.1. The van der Waals surface area contributed by atoms with E-state index in [-0.39, 0.29) is 0 Å². The normalized spacial score (nSPS) is 11.3. The molecule has 2 aromatic rings. The van der Waals surface area contributed by atoms with E-state index in [1.807, 2.05) is 0 Å². The number of pyridine rings is 1. The minimum atomic E-state index is -1.15. The topological polar surface area (TPSA) is 42.4 Å². The van der Waals surface area contributed by atoms with Gasteiger partial charge in [0.05, 0.1) is 12.7 Å². The van der Waals surface area contributed by atoms with Gasteiger partial charge >= 0.3 is 0 Å². The van der Waals surface area contributed by atoms with Gasteiger partial charge in [-0.15, -0.1) is 6.58 Å². The molecular weight excluding hydrogens is 281 g/mol. The molecule has 0 saturated heterocycles. The number of methoxy groups -OCH3 is 1. The van der Waals surface area contributed by atoms with Crippen LogP contribution in [0.3, 0.4) is 0 Å². The van der Waals surface area contributed by atoms with Crippen LogP contribution >= 0.6 is 0 Å². The van der Waals surface area contributed by atoms with Gasteiger partial charge in [0.25, 0.3) is 0 Å². The molecule has 0 atom stereocenters. The van der Waals surface area contributed by atoms with E-state index in [0.717, 1.165) is 11.1 Å². The molecule has 1 N–H and O–H groups in total. The fourth-order valence-electron chi connectivity index (χ4n) is 2.49. The van der Waals surface area contributed by atoms with Gasteiger partial charge < -0.3 is 9.84 Å². The van der Waals surface area contributed by atoms with Crippen LogP contribution in [0.15, 0.2) is 43.1 Å². The lowest BCUT2D eigenvalue weighted by Crippen LogP contribution is -2.19. The van der Waals surface area contributed by atoms with E-state index in [0.29, 0.717) is 23.4 Å². The van der Waals surface area contributed by atoms with Crippen molar-refractivity contribution < 1.29 is 14.2 Å². The average molecular weight is 301 g/mol. The highest BCUT2D eigenvalue weighted by Gasteiger charge is 2.23. The standard InChI is InChI=1S/C18H20FNO2/c1-5-6-14-15(12-7-8-20-17(9-12)22-4)10-13(19)11-16(14)18(2,3)21/h5,7-11,21H,1,6H2,2-4H3. The number of hydrogen-bond acceptors (Lipinski definition) is 3. The maximum atomic E-state index is 14.1. The Morgan fingerprint density at radius 3 is 2.68 bits per heavy atom. The molecule has 3 nitrogen and oxygen atoms in total. The molecule has 0 saturated carbocycles. The predicted octanol–water partition coefficient (Wildman–Crippen LogP) is 3.85. The molecule has 0 unspecified atom stereocenters. The van der Waals surface area contributed by atoms with Crippen molar-refractivity contribution in [2.75, 3.05) is 7.11 Å². The second kappa shape index (κ2) is 6.28. The van der Waals surface area contributed by atoms with E-state index in [2.05, 4.69) is 11.6 Å². The number of aromatic nitrogens is 1. The lowest BCUT2D eigenvalue weighted by molar-refractivity contribution is 0.0774. The molecule has 22 heavy (non-hydrogen) atoms. The molecule has 2 rings (SSSR count). The van der Waals surface area contributed by atoms with Gasteiger partial charge in [-0.05, 0) is 60.7 Å². The van der Waals surface area contributed by atoms with Crippen molar-refractivity contribution in [3.63, 3.8) is 0 Å². The molecule has 0 aliphatic carbocycles. The molecule has 1 aromatic heterocycles. The molecule has 1 heterocycles. The van der Waals surface area contributed by atoms with E-state index in [9.17, 15) is 9.50 Å². The van der Waals surface area contributed by atoms with Crippen molar-refractivity contribution in [2.24, 2.45) is 0 Å². The quantitative estimate of drug-likeness (QED) is 0.853. The maximum Gasteiger partial charge on any atom is 0.213 e. The first-order valence-electron chi connectivity index (χ1n) is 7.03. The van der Waals surface area contributed by atoms with E-state index in [1.54, 1.807) is 38.3 Å². The molecule has 1 aromatic carbocycles. The first-order chi connectivity index (χ1) is 10.4. The third-order valence-corrected chi connectivity index (χ3v) is 3.48. The zero-order valence-corrected chi connectivity index (χ0v) is 13.1. The van der Waals surface area contributed by atoms with Crippen LogP contribution in [0.25, 0.3) is 11.1 Å². The Morgan fingerprint density at radius 2 is 2.09 bits per heavy atom. The number of aliphatic hydroxyl groups is 1. The molecule has 0 amide bonds. The molecular formula is C18H20FNO2. The van der Waals surface area contributed by atoms with Gasteiger partial charge in [-0.25, -0.2) is 9.37 Å². The summed E-state index contributed by atoms with van der Waals surface area (Å²) >= 11 is 0. The first kappa shape index (κ1) is 16.2. The lowest BCUT2D eigenvalue weighted by Gasteiger charge is -2.24. The van der Waals surface area contributed by atoms with Crippen molar-refractivity contribution in [1.82, 2.24) is 4.98 Å². The summed E-state index contributed by atoms with van der Waals surface area (Å²) in [5.74, 6) is 0.0619. The van der Waals surface area contributed by atoms with Gasteiger partial charge in [0.1, 0.15) is 5.82 Å². The fourth-order valence-corrected chi connectivity index (χ4v) is 2.49. The van der Waals surface area contributed by atoms with Crippen molar-refractivity contribution in [3.05, 3.63) is 60.1 Å². The number of halogens is 1.